The zero-order chi connectivity index (χ0) is 14.3. The topological polar surface area (TPSA) is 128 Å². The lowest BCUT2D eigenvalue weighted by atomic mass is 10.2. The molecule has 0 fully saturated rings. The molecule has 102 valence electrons. The number of hydrogen-bond acceptors (Lipinski definition) is 3. The lowest BCUT2D eigenvalue weighted by Gasteiger charge is -2.16. The summed E-state index contributed by atoms with van der Waals surface area (Å²) >= 11 is 5.94. The van der Waals surface area contributed by atoms with E-state index in [4.69, 9.17) is 40.3 Å². The molecule has 0 aliphatic heterocycles. The van der Waals surface area contributed by atoms with Crippen molar-refractivity contribution in [2.75, 3.05) is 7.05 Å². The van der Waals surface area contributed by atoms with E-state index in [9.17, 15) is 0 Å². The van der Waals surface area contributed by atoms with Gasteiger partial charge in [0.05, 0.1) is 0 Å². The fraction of sp³-hybridized carbons (Fsp3) is 0.222. The molecular formula is C9H14ClN3O4S. The van der Waals surface area contributed by atoms with Crippen LogP contribution in [-0.2, 0) is 16.9 Å². The molecular weight excluding hydrogens is 282 g/mol. The molecule has 18 heavy (non-hydrogen) atoms. The van der Waals surface area contributed by atoms with E-state index in [1.807, 2.05) is 24.3 Å². The molecule has 0 saturated carbocycles. The Kier molecular flexibility index (Phi) is 6.63. The van der Waals surface area contributed by atoms with Crippen LogP contribution in [0.2, 0.25) is 5.02 Å². The molecule has 0 bridgehead atoms. The highest BCUT2D eigenvalue weighted by atomic mass is 35.5. The summed E-state index contributed by atoms with van der Waals surface area (Å²) in [6, 6.07) is 7.53. The van der Waals surface area contributed by atoms with E-state index < -0.39 is 10.4 Å². The van der Waals surface area contributed by atoms with Gasteiger partial charge in [-0.05, 0) is 11.6 Å². The van der Waals surface area contributed by atoms with Crippen molar-refractivity contribution >= 4 is 28.0 Å². The van der Waals surface area contributed by atoms with Gasteiger partial charge in [-0.25, -0.2) is 0 Å². The monoisotopic (exact) mass is 295 g/mol. The van der Waals surface area contributed by atoms with Gasteiger partial charge >= 0.3 is 10.4 Å². The number of nitrogens with one attached hydrogen (secondary N) is 1. The maximum Gasteiger partial charge on any atom is 0.394 e. The maximum absolute atomic E-state index is 8.74. The van der Waals surface area contributed by atoms with Crippen molar-refractivity contribution in [3.63, 3.8) is 0 Å². The Morgan fingerprint density at radius 3 is 2.28 bits per heavy atom. The van der Waals surface area contributed by atoms with Crippen LogP contribution < -0.4 is 5.73 Å². The Labute approximate surface area is 110 Å². The Morgan fingerprint density at radius 2 is 1.89 bits per heavy atom. The van der Waals surface area contributed by atoms with E-state index >= 15 is 0 Å². The molecule has 0 unspecified atom stereocenters. The van der Waals surface area contributed by atoms with Crippen LogP contribution in [0.15, 0.2) is 24.3 Å². The van der Waals surface area contributed by atoms with Gasteiger partial charge in [0.25, 0.3) is 0 Å². The molecule has 5 N–H and O–H groups in total. The van der Waals surface area contributed by atoms with E-state index in [1.165, 1.54) is 0 Å². The molecule has 0 atom stereocenters. The molecule has 0 heterocycles. The average Bonchev–Trinajstić information content (AvgIpc) is 2.18. The minimum Gasteiger partial charge on any atom is -0.370 e. The first kappa shape index (κ1) is 16.6. The first-order chi connectivity index (χ1) is 8.11. The van der Waals surface area contributed by atoms with Crippen molar-refractivity contribution in [3.05, 3.63) is 34.9 Å². The molecule has 0 aromatic heterocycles. The normalized spacial score (nSPS) is 10.2. The van der Waals surface area contributed by atoms with Gasteiger partial charge in [0, 0.05) is 18.6 Å². The van der Waals surface area contributed by atoms with Crippen LogP contribution in [0.5, 0.6) is 0 Å². The fourth-order valence-corrected chi connectivity index (χ4v) is 1.16. The van der Waals surface area contributed by atoms with E-state index in [0.29, 0.717) is 11.6 Å². The highest BCUT2D eigenvalue weighted by Crippen LogP contribution is 2.15. The van der Waals surface area contributed by atoms with E-state index in [0.717, 1.165) is 5.56 Å². The Morgan fingerprint density at radius 1 is 1.44 bits per heavy atom. The molecule has 0 saturated heterocycles. The standard InChI is InChI=1S/C9H12ClN3.H2O4S/c1-13(9(11)12)6-7-4-2-3-5-8(7)10;1-5(2,3)4/h2-5H,6H2,1H3,(H3,11,12);(H2,1,2,3,4). The van der Waals surface area contributed by atoms with Gasteiger partial charge in [0.15, 0.2) is 5.96 Å². The first-order valence-electron chi connectivity index (χ1n) is 4.59. The summed E-state index contributed by atoms with van der Waals surface area (Å²) in [5.41, 5.74) is 6.27. The molecule has 1 aromatic carbocycles. The summed E-state index contributed by atoms with van der Waals surface area (Å²) in [6.07, 6.45) is 0. The molecule has 1 aromatic rings. The summed E-state index contributed by atoms with van der Waals surface area (Å²) in [5, 5.41) is 7.89. The molecule has 1 rings (SSSR count). The summed E-state index contributed by atoms with van der Waals surface area (Å²) in [5.74, 6) is 0.0416. The Bertz CT molecular complexity index is 498. The smallest absolute Gasteiger partial charge is 0.370 e. The van der Waals surface area contributed by atoms with Gasteiger partial charge in [-0.1, -0.05) is 29.8 Å². The fourth-order valence-electron chi connectivity index (χ4n) is 0.967. The van der Waals surface area contributed by atoms with Crippen molar-refractivity contribution in [3.8, 4) is 0 Å². The second-order valence-corrected chi connectivity index (χ2v) is 4.58. The molecule has 0 aliphatic carbocycles. The predicted molar refractivity (Wildman–Crippen MR) is 69.0 cm³/mol. The molecule has 0 spiro atoms. The third-order valence-electron chi connectivity index (χ3n) is 1.78. The Hall–Kier alpha value is -1.35. The quantitative estimate of drug-likeness (QED) is 0.366. The highest BCUT2D eigenvalue weighted by molar-refractivity contribution is 7.79. The van der Waals surface area contributed by atoms with Crippen molar-refractivity contribution < 1.29 is 17.5 Å². The van der Waals surface area contributed by atoms with Crippen LogP contribution in [0, 0.1) is 5.41 Å². The third kappa shape index (κ3) is 8.76. The molecule has 0 amide bonds. The van der Waals surface area contributed by atoms with E-state index in [2.05, 4.69) is 0 Å². The van der Waals surface area contributed by atoms with Crippen LogP contribution in [0.4, 0.5) is 0 Å². The van der Waals surface area contributed by atoms with Crippen molar-refractivity contribution in [1.29, 1.82) is 5.41 Å². The second-order valence-electron chi connectivity index (χ2n) is 3.28. The predicted octanol–water partition coefficient (Wildman–Crippen LogP) is 1.01. The van der Waals surface area contributed by atoms with E-state index in [1.54, 1.807) is 11.9 Å². The lowest BCUT2D eigenvalue weighted by Crippen LogP contribution is -2.32. The first-order valence-corrected chi connectivity index (χ1v) is 6.37. The van der Waals surface area contributed by atoms with Crippen molar-refractivity contribution in [1.82, 2.24) is 4.90 Å². The van der Waals surface area contributed by atoms with Crippen LogP contribution in [0.1, 0.15) is 5.56 Å². The number of nitrogens with zero attached hydrogens (tertiary/aromatic N) is 1. The van der Waals surface area contributed by atoms with Gasteiger partial charge in [0.2, 0.25) is 0 Å². The average molecular weight is 296 g/mol. The number of hydrogen-bond donors (Lipinski definition) is 4. The van der Waals surface area contributed by atoms with Gasteiger partial charge in [-0.2, -0.15) is 8.42 Å². The minimum absolute atomic E-state index is 0.0416. The maximum atomic E-state index is 8.74. The molecule has 0 aliphatic rings. The summed E-state index contributed by atoms with van der Waals surface area (Å²) < 4.78 is 31.6. The number of benzene rings is 1. The van der Waals surface area contributed by atoms with Gasteiger partial charge in [0.1, 0.15) is 0 Å². The molecule has 0 radical (unpaired) electrons. The Balaban J connectivity index is 0.000000494. The summed E-state index contributed by atoms with van der Waals surface area (Å²) in [7, 11) is -2.91. The summed E-state index contributed by atoms with van der Waals surface area (Å²) in [6.45, 7) is 0.564. The van der Waals surface area contributed by atoms with Gasteiger partial charge < -0.3 is 10.6 Å². The molecule has 7 nitrogen and oxygen atoms in total. The van der Waals surface area contributed by atoms with Crippen LogP contribution in [-0.4, -0.2) is 35.4 Å². The van der Waals surface area contributed by atoms with Crippen LogP contribution in [0.25, 0.3) is 0 Å². The van der Waals surface area contributed by atoms with Crippen LogP contribution in [0.3, 0.4) is 0 Å². The van der Waals surface area contributed by atoms with Gasteiger partial charge in [-0.3, -0.25) is 14.5 Å². The minimum atomic E-state index is -4.67. The van der Waals surface area contributed by atoms with E-state index in [-0.39, 0.29) is 5.96 Å². The third-order valence-corrected chi connectivity index (χ3v) is 2.15. The zero-order valence-electron chi connectivity index (χ0n) is 9.54. The number of nitrogens with two attached hydrogens (primary N) is 1. The number of guanidine groups is 1. The number of halogens is 1. The highest BCUT2D eigenvalue weighted by Gasteiger charge is 2.03. The lowest BCUT2D eigenvalue weighted by molar-refractivity contribution is 0.381. The largest absolute Gasteiger partial charge is 0.394 e. The van der Waals surface area contributed by atoms with Gasteiger partial charge in [-0.15, -0.1) is 0 Å². The van der Waals surface area contributed by atoms with Crippen molar-refractivity contribution in [2.24, 2.45) is 5.73 Å². The summed E-state index contributed by atoms with van der Waals surface area (Å²) in [4.78, 5) is 1.63. The van der Waals surface area contributed by atoms with Crippen LogP contribution >= 0.6 is 11.6 Å². The number of rotatable bonds is 2. The zero-order valence-corrected chi connectivity index (χ0v) is 11.1. The second kappa shape index (κ2) is 7.17. The SMILES string of the molecule is CN(Cc1ccccc1Cl)C(=N)N.O=S(=O)(O)O. The molecule has 9 heteroatoms. The van der Waals surface area contributed by atoms with Crippen molar-refractivity contribution in [2.45, 2.75) is 6.54 Å².